The summed E-state index contributed by atoms with van der Waals surface area (Å²) in [6.07, 6.45) is 12.8. The molecule has 2 atom stereocenters. The van der Waals surface area contributed by atoms with Gasteiger partial charge in [0.15, 0.2) is 0 Å². The second kappa shape index (κ2) is 8.01. The minimum atomic E-state index is 0.613. The fourth-order valence-corrected chi connectivity index (χ4v) is 4.49. The highest BCUT2D eigenvalue weighted by Gasteiger charge is 2.27. The van der Waals surface area contributed by atoms with Gasteiger partial charge in [-0.3, -0.25) is 4.98 Å². The fraction of sp³-hybridized carbons (Fsp3) is 0.500. The predicted octanol–water partition coefficient (Wildman–Crippen LogP) is 3.15. The summed E-state index contributed by atoms with van der Waals surface area (Å²) in [5, 5.41) is 0. The summed E-state index contributed by atoms with van der Waals surface area (Å²) >= 11 is 0. The van der Waals surface area contributed by atoms with Crippen molar-refractivity contribution in [2.75, 3.05) is 19.7 Å². The van der Waals surface area contributed by atoms with Gasteiger partial charge >= 0.3 is 0 Å². The third-order valence-corrected chi connectivity index (χ3v) is 5.80. The highest BCUT2D eigenvalue weighted by Crippen LogP contribution is 2.26. The Kier molecular flexibility index (Phi) is 5.31. The van der Waals surface area contributed by atoms with Gasteiger partial charge in [-0.25, -0.2) is 0 Å². The molecule has 25 heavy (non-hydrogen) atoms. The lowest BCUT2D eigenvalue weighted by atomic mass is 9.96. The van der Waals surface area contributed by atoms with Gasteiger partial charge in [-0.1, -0.05) is 12.1 Å². The van der Waals surface area contributed by atoms with E-state index in [-0.39, 0.29) is 0 Å². The number of ether oxygens (including phenoxy) is 1. The van der Waals surface area contributed by atoms with E-state index in [9.17, 15) is 0 Å². The van der Waals surface area contributed by atoms with E-state index in [2.05, 4.69) is 41.5 Å². The molecule has 1 unspecified atom stereocenters. The fourth-order valence-electron chi connectivity index (χ4n) is 4.49. The molecule has 1 aliphatic carbocycles. The smallest absolute Gasteiger partial charge is 0.119 e. The molecule has 0 bridgehead atoms. The van der Waals surface area contributed by atoms with Crippen molar-refractivity contribution in [1.82, 2.24) is 4.98 Å². The number of hydrogen-bond acceptors (Lipinski definition) is 2. The lowest BCUT2D eigenvalue weighted by molar-refractivity contribution is -0.937. The Morgan fingerprint density at radius 3 is 2.96 bits per heavy atom. The monoisotopic (exact) mass is 337 g/mol. The maximum atomic E-state index is 6.04. The van der Waals surface area contributed by atoms with Crippen LogP contribution >= 0.6 is 0 Å². The van der Waals surface area contributed by atoms with Crippen LogP contribution in [0.3, 0.4) is 0 Å². The topological polar surface area (TPSA) is 26.6 Å². The highest BCUT2D eigenvalue weighted by molar-refractivity contribution is 5.38. The van der Waals surface area contributed by atoms with Gasteiger partial charge in [0, 0.05) is 30.8 Å². The Bertz CT molecular complexity index is 686. The van der Waals surface area contributed by atoms with E-state index >= 15 is 0 Å². The number of nitrogens with one attached hydrogen (secondary N) is 1. The van der Waals surface area contributed by atoms with E-state index in [4.69, 9.17) is 4.74 Å². The summed E-state index contributed by atoms with van der Waals surface area (Å²) < 4.78 is 6.04. The molecule has 1 aromatic heterocycles. The molecule has 1 N–H and O–H groups in total. The van der Waals surface area contributed by atoms with Crippen LogP contribution in [0.1, 0.15) is 54.8 Å². The first kappa shape index (κ1) is 16.6. The number of rotatable bonds is 6. The van der Waals surface area contributed by atoms with Crippen molar-refractivity contribution in [3.63, 3.8) is 0 Å². The van der Waals surface area contributed by atoms with Crippen LogP contribution in [0.4, 0.5) is 0 Å². The number of fused-ring (bicyclic) bond motifs is 1. The minimum Gasteiger partial charge on any atom is -0.493 e. The summed E-state index contributed by atoms with van der Waals surface area (Å²) in [5.74, 6) is 1.05. The van der Waals surface area contributed by atoms with Crippen molar-refractivity contribution >= 4 is 0 Å². The molecule has 0 amide bonds. The van der Waals surface area contributed by atoms with Crippen molar-refractivity contribution in [1.29, 1.82) is 0 Å². The third-order valence-electron chi connectivity index (χ3n) is 5.80. The van der Waals surface area contributed by atoms with Gasteiger partial charge in [-0.05, 0) is 61.4 Å². The normalized spacial score (nSPS) is 22.6. The maximum Gasteiger partial charge on any atom is 0.119 e. The first-order chi connectivity index (χ1) is 12.4. The standard InChI is InChI=1S/C22H28N2O/c1-2-13-24(22(9-1)20-8-4-12-23-17-20)14-5-15-25-21-11-10-18-6-3-7-19(18)16-21/h4,8,10-12,16-17,22H,1-3,5-7,9,13-15H2/p+1/t22-/m1/s1. The number of piperidine rings is 1. The van der Waals surface area contributed by atoms with Gasteiger partial charge in [0.2, 0.25) is 0 Å². The number of quaternary nitrogens is 1. The molecule has 4 rings (SSSR count). The quantitative estimate of drug-likeness (QED) is 0.820. The van der Waals surface area contributed by atoms with Crippen LogP contribution in [0.2, 0.25) is 0 Å². The average molecular weight is 337 g/mol. The van der Waals surface area contributed by atoms with Crippen LogP contribution in [-0.2, 0) is 12.8 Å². The molecule has 2 heterocycles. The van der Waals surface area contributed by atoms with Crippen molar-refractivity contribution < 1.29 is 9.64 Å². The molecule has 1 fully saturated rings. The first-order valence-corrected chi connectivity index (χ1v) is 9.89. The minimum absolute atomic E-state index is 0.613. The number of aromatic nitrogens is 1. The van der Waals surface area contributed by atoms with Gasteiger partial charge in [0.1, 0.15) is 11.8 Å². The second-order valence-corrected chi connectivity index (χ2v) is 7.48. The molecule has 2 aromatic rings. The number of aryl methyl sites for hydroxylation is 2. The second-order valence-electron chi connectivity index (χ2n) is 7.48. The van der Waals surface area contributed by atoms with Crippen LogP contribution in [0.5, 0.6) is 5.75 Å². The van der Waals surface area contributed by atoms with Crippen molar-refractivity contribution in [3.8, 4) is 5.75 Å². The van der Waals surface area contributed by atoms with E-state index in [1.54, 1.807) is 4.90 Å². The van der Waals surface area contributed by atoms with Gasteiger partial charge in [-0.15, -0.1) is 0 Å². The average Bonchev–Trinajstić information content (AvgIpc) is 3.14. The number of benzene rings is 1. The molecule has 1 aliphatic heterocycles. The van der Waals surface area contributed by atoms with E-state index < -0.39 is 0 Å². The number of pyridine rings is 1. The van der Waals surface area contributed by atoms with Gasteiger partial charge in [0.25, 0.3) is 0 Å². The zero-order valence-electron chi connectivity index (χ0n) is 15.0. The summed E-state index contributed by atoms with van der Waals surface area (Å²) in [7, 11) is 0. The molecule has 1 aromatic carbocycles. The molecular formula is C22H29N2O+. The summed E-state index contributed by atoms with van der Waals surface area (Å²) in [6, 6.07) is 11.6. The summed E-state index contributed by atoms with van der Waals surface area (Å²) in [6.45, 7) is 3.28. The predicted molar refractivity (Wildman–Crippen MR) is 100 cm³/mol. The van der Waals surface area contributed by atoms with Crippen LogP contribution in [0.25, 0.3) is 0 Å². The van der Waals surface area contributed by atoms with Crippen LogP contribution in [-0.4, -0.2) is 24.7 Å². The van der Waals surface area contributed by atoms with Crippen LogP contribution < -0.4 is 9.64 Å². The third kappa shape index (κ3) is 4.04. The van der Waals surface area contributed by atoms with Gasteiger partial charge in [0.05, 0.1) is 19.7 Å². The van der Waals surface area contributed by atoms with E-state index in [1.807, 2.05) is 6.20 Å². The van der Waals surface area contributed by atoms with Crippen LogP contribution in [0.15, 0.2) is 42.7 Å². The molecule has 0 radical (unpaired) electrons. The summed E-state index contributed by atoms with van der Waals surface area (Å²) in [5.41, 5.74) is 4.41. The van der Waals surface area contributed by atoms with Crippen molar-refractivity contribution in [2.24, 2.45) is 0 Å². The Morgan fingerprint density at radius 1 is 1.08 bits per heavy atom. The molecule has 0 spiro atoms. The van der Waals surface area contributed by atoms with E-state index in [0.29, 0.717) is 6.04 Å². The summed E-state index contributed by atoms with van der Waals surface area (Å²) in [4.78, 5) is 6.03. The zero-order chi connectivity index (χ0) is 16.9. The first-order valence-electron chi connectivity index (χ1n) is 9.89. The Hall–Kier alpha value is -1.87. The van der Waals surface area contributed by atoms with Crippen molar-refractivity contribution in [2.45, 2.75) is 51.0 Å². The van der Waals surface area contributed by atoms with Crippen LogP contribution in [0, 0.1) is 0 Å². The largest absolute Gasteiger partial charge is 0.493 e. The molecule has 0 saturated carbocycles. The number of nitrogens with zero attached hydrogens (tertiary/aromatic N) is 1. The number of likely N-dealkylation sites (tertiary alicyclic amines) is 1. The molecule has 1 saturated heterocycles. The molecule has 3 heteroatoms. The zero-order valence-corrected chi connectivity index (χ0v) is 15.0. The highest BCUT2D eigenvalue weighted by atomic mass is 16.5. The lowest BCUT2D eigenvalue weighted by Gasteiger charge is -2.32. The van der Waals surface area contributed by atoms with Gasteiger partial charge in [-0.2, -0.15) is 0 Å². The Morgan fingerprint density at radius 2 is 2.04 bits per heavy atom. The molecular weight excluding hydrogens is 308 g/mol. The van der Waals surface area contributed by atoms with Gasteiger partial charge < -0.3 is 9.64 Å². The SMILES string of the molecule is c1cncc([C@H]2CCCC[NH+]2CCCOc2ccc3c(c2)CCC3)c1. The van der Waals surface area contributed by atoms with Crippen molar-refractivity contribution in [3.05, 3.63) is 59.4 Å². The number of hydrogen-bond donors (Lipinski definition) is 1. The maximum absolute atomic E-state index is 6.04. The van der Waals surface area contributed by atoms with E-state index in [0.717, 1.165) is 18.8 Å². The molecule has 3 nitrogen and oxygen atoms in total. The van der Waals surface area contributed by atoms with E-state index in [1.165, 1.54) is 68.3 Å². The lowest BCUT2D eigenvalue weighted by Crippen LogP contribution is -3.13. The molecule has 2 aliphatic rings. The Labute approximate surface area is 151 Å². The Balaban J connectivity index is 1.28. The molecule has 132 valence electrons.